The first kappa shape index (κ1) is 14.0. The molecule has 3 aromatic rings. The molecule has 2 bridgehead atoms. The SMILES string of the molecule is c1ccc2c(c1)sc1ccc(CNC3CN4CCC3CC4)cc12. The van der Waals surface area contributed by atoms with Gasteiger partial charge in [0.15, 0.2) is 0 Å². The smallest absolute Gasteiger partial charge is 0.0355 e. The van der Waals surface area contributed by atoms with E-state index in [2.05, 4.69) is 52.7 Å². The van der Waals surface area contributed by atoms with Crippen LogP contribution < -0.4 is 5.32 Å². The minimum absolute atomic E-state index is 0.687. The van der Waals surface area contributed by atoms with E-state index in [1.165, 1.54) is 58.2 Å². The molecule has 3 heteroatoms. The van der Waals surface area contributed by atoms with Gasteiger partial charge in [-0.05, 0) is 55.6 Å². The molecule has 3 aliphatic rings. The second-order valence-electron chi connectivity index (χ2n) is 7.05. The van der Waals surface area contributed by atoms with Gasteiger partial charge in [-0.1, -0.05) is 24.3 Å². The van der Waals surface area contributed by atoms with Crippen molar-refractivity contribution in [2.45, 2.75) is 25.4 Å². The highest BCUT2D eigenvalue weighted by atomic mass is 32.1. The molecule has 2 aromatic carbocycles. The Kier molecular flexibility index (Phi) is 3.39. The maximum atomic E-state index is 3.84. The van der Waals surface area contributed by atoms with Crippen LogP contribution in [0.4, 0.5) is 0 Å². The van der Waals surface area contributed by atoms with Crippen molar-refractivity contribution < 1.29 is 0 Å². The summed E-state index contributed by atoms with van der Waals surface area (Å²) in [6.07, 6.45) is 2.76. The number of rotatable bonds is 3. The fourth-order valence-electron chi connectivity index (χ4n) is 4.33. The highest BCUT2D eigenvalue weighted by molar-refractivity contribution is 7.25. The molecule has 0 spiro atoms. The number of benzene rings is 2. The lowest BCUT2D eigenvalue weighted by Crippen LogP contribution is -2.55. The van der Waals surface area contributed by atoms with Gasteiger partial charge >= 0.3 is 0 Å². The predicted octanol–water partition coefficient (Wildman–Crippen LogP) is 4.24. The van der Waals surface area contributed by atoms with Gasteiger partial charge in [0.25, 0.3) is 0 Å². The molecular weight excluding hydrogens is 300 g/mol. The van der Waals surface area contributed by atoms with Crippen LogP contribution in [0.3, 0.4) is 0 Å². The standard InChI is InChI=1S/C20H22N2S/c1-2-4-19-16(3-1)17-11-14(5-6-20(17)23-19)12-21-18-13-22-9-7-15(18)8-10-22/h1-6,11,15,18,21H,7-10,12-13H2. The van der Waals surface area contributed by atoms with Crippen molar-refractivity contribution in [1.82, 2.24) is 10.2 Å². The van der Waals surface area contributed by atoms with Crippen molar-refractivity contribution in [3.05, 3.63) is 48.0 Å². The van der Waals surface area contributed by atoms with E-state index in [0.29, 0.717) is 6.04 Å². The van der Waals surface area contributed by atoms with Crippen LogP contribution in [0.5, 0.6) is 0 Å². The van der Waals surface area contributed by atoms with Crippen molar-refractivity contribution in [3.63, 3.8) is 0 Å². The molecule has 2 nitrogen and oxygen atoms in total. The normalized spacial score (nSPS) is 27.0. The van der Waals surface area contributed by atoms with Gasteiger partial charge in [-0.2, -0.15) is 0 Å². The average Bonchev–Trinajstić information content (AvgIpc) is 2.99. The lowest BCUT2D eigenvalue weighted by molar-refractivity contribution is 0.0720. The Morgan fingerprint density at radius 1 is 1.00 bits per heavy atom. The van der Waals surface area contributed by atoms with Crippen LogP contribution in [0.25, 0.3) is 20.2 Å². The van der Waals surface area contributed by atoms with E-state index in [-0.39, 0.29) is 0 Å². The van der Waals surface area contributed by atoms with E-state index in [1.54, 1.807) is 0 Å². The Morgan fingerprint density at radius 2 is 1.83 bits per heavy atom. The Balaban J connectivity index is 1.39. The molecule has 3 aliphatic heterocycles. The second kappa shape index (κ2) is 5.59. The van der Waals surface area contributed by atoms with Crippen molar-refractivity contribution >= 4 is 31.5 Å². The van der Waals surface area contributed by atoms with Crippen molar-refractivity contribution in [2.75, 3.05) is 19.6 Å². The lowest BCUT2D eigenvalue weighted by atomic mass is 9.84. The third kappa shape index (κ3) is 2.47. The lowest BCUT2D eigenvalue weighted by Gasteiger charge is -2.45. The molecule has 1 aromatic heterocycles. The predicted molar refractivity (Wildman–Crippen MR) is 99.1 cm³/mol. The molecule has 0 amide bonds. The third-order valence-corrected chi connectivity index (χ3v) is 6.82. The number of nitrogens with zero attached hydrogens (tertiary/aromatic N) is 1. The van der Waals surface area contributed by atoms with Crippen LogP contribution in [0.1, 0.15) is 18.4 Å². The van der Waals surface area contributed by atoms with Crippen LogP contribution in [-0.2, 0) is 6.54 Å². The number of piperidine rings is 3. The van der Waals surface area contributed by atoms with Crippen molar-refractivity contribution in [3.8, 4) is 0 Å². The maximum Gasteiger partial charge on any atom is 0.0355 e. The molecule has 4 heterocycles. The highest BCUT2D eigenvalue weighted by Crippen LogP contribution is 2.34. The van der Waals surface area contributed by atoms with Gasteiger partial charge in [0, 0.05) is 39.3 Å². The van der Waals surface area contributed by atoms with Gasteiger partial charge in [0.05, 0.1) is 0 Å². The summed E-state index contributed by atoms with van der Waals surface area (Å²) >= 11 is 1.90. The number of hydrogen-bond acceptors (Lipinski definition) is 3. The second-order valence-corrected chi connectivity index (χ2v) is 8.14. The van der Waals surface area contributed by atoms with Crippen LogP contribution in [0, 0.1) is 5.92 Å². The Labute approximate surface area is 141 Å². The van der Waals surface area contributed by atoms with Gasteiger partial charge in [-0.3, -0.25) is 0 Å². The molecule has 0 radical (unpaired) electrons. The van der Waals surface area contributed by atoms with Crippen molar-refractivity contribution in [2.24, 2.45) is 5.92 Å². The molecule has 118 valence electrons. The van der Waals surface area contributed by atoms with Gasteiger partial charge in [0.1, 0.15) is 0 Å². The molecule has 3 fully saturated rings. The topological polar surface area (TPSA) is 15.3 Å². The molecule has 0 aliphatic carbocycles. The fourth-order valence-corrected chi connectivity index (χ4v) is 5.41. The summed E-state index contributed by atoms with van der Waals surface area (Å²) in [6, 6.07) is 16.4. The molecule has 3 saturated heterocycles. The Hall–Kier alpha value is -1.42. The molecule has 0 saturated carbocycles. The first-order valence-corrected chi connectivity index (χ1v) is 9.54. The monoisotopic (exact) mass is 322 g/mol. The summed E-state index contributed by atoms with van der Waals surface area (Å²) in [4.78, 5) is 2.62. The minimum atomic E-state index is 0.687. The Morgan fingerprint density at radius 3 is 2.65 bits per heavy atom. The summed E-state index contributed by atoms with van der Waals surface area (Å²) in [7, 11) is 0. The van der Waals surface area contributed by atoms with Crippen LogP contribution in [0.2, 0.25) is 0 Å². The maximum absolute atomic E-state index is 3.84. The highest BCUT2D eigenvalue weighted by Gasteiger charge is 2.33. The van der Waals surface area contributed by atoms with Gasteiger partial charge in [-0.15, -0.1) is 11.3 Å². The van der Waals surface area contributed by atoms with E-state index < -0.39 is 0 Å². The first-order valence-electron chi connectivity index (χ1n) is 8.73. The van der Waals surface area contributed by atoms with Crippen LogP contribution in [-0.4, -0.2) is 30.6 Å². The molecular formula is C20H22N2S. The zero-order chi connectivity index (χ0) is 15.2. The zero-order valence-electron chi connectivity index (χ0n) is 13.3. The number of fused-ring (bicyclic) bond motifs is 6. The molecule has 1 unspecified atom stereocenters. The summed E-state index contributed by atoms with van der Waals surface area (Å²) in [5.74, 6) is 0.894. The van der Waals surface area contributed by atoms with Crippen LogP contribution in [0.15, 0.2) is 42.5 Å². The van der Waals surface area contributed by atoms with E-state index in [9.17, 15) is 0 Å². The number of nitrogens with one attached hydrogen (secondary N) is 1. The number of thiophene rings is 1. The molecule has 1 N–H and O–H groups in total. The van der Waals surface area contributed by atoms with E-state index in [4.69, 9.17) is 0 Å². The minimum Gasteiger partial charge on any atom is -0.308 e. The molecule has 6 rings (SSSR count). The summed E-state index contributed by atoms with van der Waals surface area (Å²) in [6.45, 7) is 4.87. The summed E-state index contributed by atoms with van der Waals surface area (Å²) in [5, 5.41) is 6.65. The van der Waals surface area contributed by atoms with Gasteiger partial charge in [0.2, 0.25) is 0 Å². The van der Waals surface area contributed by atoms with Crippen LogP contribution >= 0.6 is 11.3 Å². The van der Waals surface area contributed by atoms with Crippen molar-refractivity contribution in [1.29, 1.82) is 0 Å². The van der Waals surface area contributed by atoms with Gasteiger partial charge in [-0.25, -0.2) is 0 Å². The fraction of sp³-hybridized carbons (Fsp3) is 0.400. The van der Waals surface area contributed by atoms with E-state index in [1.807, 2.05) is 11.3 Å². The van der Waals surface area contributed by atoms with E-state index >= 15 is 0 Å². The molecule has 1 atom stereocenters. The third-order valence-electron chi connectivity index (χ3n) is 5.67. The average molecular weight is 322 g/mol. The van der Waals surface area contributed by atoms with Gasteiger partial charge < -0.3 is 10.2 Å². The van der Waals surface area contributed by atoms with E-state index in [0.717, 1.165) is 12.5 Å². The number of hydrogen-bond donors (Lipinski definition) is 1. The molecule has 23 heavy (non-hydrogen) atoms. The summed E-state index contributed by atoms with van der Waals surface area (Å²) < 4.78 is 2.79. The zero-order valence-corrected chi connectivity index (χ0v) is 14.1. The summed E-state index contributed by atoms with van der Waals surface area (Å²) in [5.41, 5.74) is 1.41. The Bertz CT molecular complexity index is 845. The quantitative estimate of drug-likeness (QED) is 0.776. The first-order chi connectivity index (χ1) is 11.4. The largest absolute Gasteiger partial charge is 0.308 e.